The first kappa shape index (κ1) is 15.1. The number of carbonyl (C=O) groups excluding carboxylic acids is 2. The van der Waals surface area contributed by atoms with E-state index in [4.69, 9.17) is 9.47 Å². The molecule has 1 atom stereocenters. The summed E-state index contributed by atoms with van der Waals surface area (Å²) in [4.78, 5) is 23.8. The van der Waals surface area contributed by atoms with Crippen LogP contribution in [0.4, 0.5) is 5.69 Å². The lowest BCUT2D eigenvalue weighted by molar-refractivity contribution is -0.123. The Morgan fingerprint density at radius 2 is 2.00 bits per heavy atom. The van der Waals surface area contributed by atoms with Gasteiger partial charge in [-0.15, -0.1) is 0 Å². The molecule has 0 bridgehead atoms. The summed E-state index contributed by atoms with van der Waals surface area (Å²) in [5.41, 5.74) is 0.973. The van der Waals surface area contributed by atoms with Crippen molar-refractivity contribution in [1.82, 2.24) is 0 Å². The smallest absolute Gasteiger partial charge is 0.339 e. The van der Waals surface area contributed by atoms with Crippen molar-refractivity contribution in [2.45, 2.75) is 13.0 Å². The Kier molecular flexibility index (Phi) is 4.94. The van der Waals surface area contributed by atoms with Gasteiger partial charge in [0.25, 0.3) is 5.91 Å². The minimum atomic E-state index is -0.901. The lowest BCUT2D eigenvalue weighted by Crippen LogP contribution is -2.30. The fourth-order valence-corrected chi connectivity index (χ4v) is 2.27. The van der Waals surface area contributed by atoms with Crippen LogP contribution in [0.3, 0.4) is 0 Å². The molecule has 0 fully saturated rings. The molecule has 2 rings (SSSR count). The number of hydrogen-bond donors (Lipinski definition) is 1. The van der Waals surface area contributed by atoms with Crippen LogP contribution in [-0.4, -0.2) is 25.1 Å². The first-order valence-electron chi connectivity index (χ1n) is 6.29. The van der Waals surface area contributed by atoms with E-state index in [2.05, 4.69) is 5.32 Å². The van der Waals surface area contributed by atoms with Crippen molar-refractivity contribution in [3.8, 4) is 5.75 Å². The van der Waals surface area contributed by atoms with Crippen LogP contribution in [0.1, 0.15) is 17.3 Å². The maximum atomic E-state index is 12.0. The summed E-state index contributed by atoms with van der Waals surface area (Å²) in [5.74, 6) is -0.385. The van der Waals surface area contributed by atoms with Gasteiger partial charge in [-0.3, -0.25) is 4.79 Å². The topological polar surface area (TPSA) is 64.6 Å². The number of methoxy groups -OCH3 is 1. The van der Waals surface area contributed by atoms with E-state index >= 15 is 0 Å². The van der Waals surface area contributed by atoms with Crippen LogP contribution in [0.25, 0.3) is 0 Å². The zero-order chi connectivity index (χ0) is 15.2. The molecule has 0 aliphatic rings. The van der Waals surface area contributed by atoms with Crippen LogP contribution in [0.15, 0.2) is 41.1 Å². The Hall–Kier alpha value is -2.34. The molecule has 0 radical (unpaired) electrons. The highest BCUT2D eigenvalue weighted by Gasteiger charge is 2.20. The molecule has 1 unspecified atom stereocenters. The predicted octanol–water partition coefficient (Wildman–Crippen LogP) is 2.94. The van der Waals surface area contributed by atoms with Gasteiger partial charge in [0.05, 0.1) is 18.4 Å². The molecule has 110 valence electrons. The second-order valence-electron chi connectivity index (χ2n) is 4.25. The Bertz CT molecular complexity index is 624. The average Bonchev–Trinajstić information content (AvgIpc) is 3.02. The second kappa shape index (κ2) is 6.90. The van der Waals surface area contributed by atoms with Gasteiger partial charge in [-0.05, 0) is 30.5 Å². The molecule has 1 aromatic heterocycles. The molecule has 1 N–H and O–H groups in total. The van der Waals surface area contributed by atoms with Gasteiger partial charge < -0.3 is 14.8 Å². The number of hydrogen-bond acceptors (Lipinski definition) is 5. The van der Waals surface area contributed by atoms with Crippen molar-refractivity contribution in [3.63, 3.8) is 0 Å². The summed E-state index contributed by atoms with van der Waals surface area (Å²) in [6.45, 7) is 1.52. The quantitative estimate of drug-likeness (QED) is 0.863. The molecular weight excluding hydrogens is 290 g/mol. The van der Waals surface area contributed by atoms with Crippen molar-refractivity contribution >= 4 is 28.9 Å². The van der Waals surface area contributed by atoms with E-state index < -0.39 is 18.0 Å². The molecule has 1 heterocycles. The molecule has 0 saturated heterocycles. The van der Waals surface area contributed by atoms with Crippen LogP contribution in [0, 0.1) is 0 Å². The maximum Gasteiger partial charge on any atom is 0.339 e. The molecule has 1 aromatic carbocycles. The Labute approximate surface area is 126 Å². The molecule has 0 aliphatic heterocycles. The Morgan fingerprint density at radius 1 is 1.24 bits per heavy atom. The highest BCUT2D eigenvalue weighted by atomic mass is 32.1. The summed E-state index contributed by atoms with van der Waals surface area (Å²) >= 11 is 1.39. The number of anilines is 1. The third-order valence-electron chi connectivity index (χ3n) is 2.77. The number of ether oxygens (including phenoxy) is 2. The number of nitrogens with one attached hydrogen (secondary N) is 1. The number of carbonyl (C=O) groups is 2. The van der Waals surface area contributed by atoms with Gasteiger partial charge in [-0.1, -0.05) is 12.1 Å². The van der Waals surface area contributed by atoms with E-state index in [1.54, 1.807) is 41.1 Å². The van der Waals surface area contributed by atoms with Crippen molar-refractivity contribution < 1.29 is 19.1 Å². The van der Waals surface area contributed by atoms with E-state index in [1.807, 2.05) is 0 Å². The first-order chi connectivity index (χ1) is 10.1. The van der Waals surface area contributed by atoms with Crippen LogP contribution in [0.5, 0.6) is 5.75 Å². The fourth-order valence-electron chi connectivity index (χ4n) is 1.65. The zero-order valence-electron chi connectivity index (χ0n) is 11.7. The lowest BCUT2D eigenvalue weighted by Gasteiger charge is -2.14. The lowest BCUT2D eigenvalue weighted by atomic mass is 10.2. The minimum Gasteiger partial charge on any atom is -0.495 e. The van der Waals surface area contributed by atoms with E-state index in [0.717, 1.165) is 0 Å². The number of benzene rings is 1. The molecule has 0 spiro atoms. The molecule has 1 amide bonds. The van der Waals surface area contributed by atoms with Crippen molar-refractivity contribution in [2.24, 2.45) is 0 Å². The van der Waals surface area contributed by atoms with Crippen LogP contribution < -0.4 is 10.1 Å². The molecule has 0 saturated carbocycles. The monoisotopic (exact) mass is 305 g/mol. The SMILES string of the molecule is COc1ccccc1NC(=O)C(C)OC(=O)c1ccsc1. The van der Waals surface area contributed by atoms with E-state index in [-0.39, 0.29) is 0 Å². The van der Waals surface area contributed by atoms with Gasteiger partial charge in [0.2, 0.25) is 0 Å². The maximum absolute atomic E-state index is 12.0. The van der Waals surface area contributed by atoms with E-state index in [9.17, 15) is 9.59 Å². The molecule has 0 aliphatic carbocycles. The largest absolute Gasteiger partial charge is 0.495 e. The normalized spacial score (nSPS) is 11.5. The molecule has 2 aromatic rings. The van der Waals surface area contributed by atoms with Gasteiger partial charge >= 0.3 is 5.97 Å². The minimum absolute atomic E-state index is 0.414. The van der Waals surface area contributed by atoms with Gasteiger partial charge in [0.15, 0.2) is 6.10 Å². The van der Waals surface area contributed by atoms with Gasteiger partial charge in [0, 0.05) is 5.38 Å². The third kappa shape index (κ3) is 3.82. The molecular formula is C15H15NO4S. The Balaban J connectivity index is 1.98. The number of amides is 1. The van der Waals surface area contributed by atoms with Crippen molar-refractivity contribution in [3.05, 3.63) is 46.7 Å². The average molecular weight is 305 g/mol. The summed E-state index contributed by atoms with van der Waals surface area (Å²) in [6, 6.07) is 8.67. The van der Waals surface area contributed by atoms with Gasteiger partial charge in [-0.2, -0.15) is 11.3 Å². The molecule has 21 heavy (non-hydrogen) atoms. The number of rotatable bonds is 5. The summed E-state index contributed by atoms with van der Waals surface area (Å²) in [7, 11) is 1.52. The standard InChI is InChI=1S/C15H15NO4S/c1-10(20-15(18)11-7-8-21-9-11)14(17)16-12-5-3-4-6-13(12)19-2/h3-10H,1-2H3,(H,16,17). The van der Waals surface area contributed by atoms with Crippen molar-refractivity contribution in [1.29, 1.82) is 0 Å². The summed E-state index contributed by atoms with van der Waals surface area (Å²) < 4.78 is 10.3. The van der Waals surface area contributed by atoms with E-state index in [1.165, 1.54) is 25.4 Å². The second-order valence-corrected chi connectivity index (χ2v) is 5.03. The molecule has 6 heteroatoms. The van der Waals surface area contributed by atoms with Gasteiger partial charge in [-0.25, -0.2) is 4.79 Å². The zero-order valence-corrected chi connectivity index (χ0v) is 12.5. The summed E-state index contributed by atoms with van der Waals surface area (Å²) in [5, 5.41) is 6.12. The van der Waals surface area contributed by atoms with Crippen LogP contribution in [0.2, 0.25) is 0 Å². The predicted molar refractivity (Wildman–Crippen MR) is 80.8 cm³/mol. The van der Waals surface area contributed by atoms with E-state index in [0.29, 0.717) is 17.0 Å². The highest BCUT2D eigenvalue weighted by molar-refractivity contribution is 7.08. The van der Waals surface area contributed by atoms with Gasteiger partial charge in [0.1, 0.15) is 5.75 Å². The highest BCUT2D eigenvalue weighted by Crippen LogP contribution is 2.23. The number of para-hydroxylation sites is 2. The third-order valence-corrected chi connectivity index (χ3v) is 3.46. The Morgan fingerprint density at radius 3 is 2.67 bits per heavy atom. The van der Waals surface area contributed by atoms with Crippen molar-refractivity contribution in [2.75, 3.05) is 12.4 Å². The van der Waals surface area contributed by atoms with Crippen LogP contribution >= 0.6 is 11.3 Å². The fraction of sp³-hybridized carbons (Fsp3) is 0.200. The molecule has 5 nitrogen and oxygen atoms in total. The summed E-state index contributed by atoms with van der Waals surface area (Å²) in [6.07, 6.45) is -0.901. The number of thiophene rings is 1. The number of esters is 1. The van der Waals surface area contributed by atoms with Crippen LogP contribution in [-0.2, 0) is 9.53 Å². The first-order valence-corrected chi connectivity index (χ1v) is 7.23.